The number of nitrogens with zero attached hydrogens (tertiary/aromatic N) is 3. The van der Waals surface area contributed by atoms with Gasteiger partial charge in [0.05, 0.1) is 5.69 Å². The van der Waals surface area contributed by atoms with Crippen molar-refractivity contribution in [3.05, 3.63) is 52.0 Å². The minimum Gasteiger partial charge on any atom is -0.352 e. The summed E-state index contributed by atoms with van der Waals surface area (Å²) in [5, 5.41) is 0.615. The average molecular weight is 304 g/mol. The van der Waals surface area contributed by atoms with E-state index in [1.807, 2.05) is 12.1 Å². The van der Waals surface area contributed by atoms with Crippen molar-refractivity contribution in [2.45, 2.75) is 19.8 Å². The first-order chi connectivity index (χ1) is 10.1. The number of hydrogen-bond donors (Lipinski definition) is 0. The van der Waals surface area contributed by atoms with Crippen molar-refractivity contribution in [1.29, 1.82) is 0 Å². The third kappa shape index (κ3) is 2.95. The lowest BCUT2D eigenvalue weighted by atomic mass is 9.99. The van der Waals surface area contributed by atoms with Gasteiger partial charge in [-0.3, -0.25) is 9.36 Å². The second kappa shape index (κ2) is 5.90. The Morgan fingerprint density at radius 2 is 2.05 bits per heavy atom. The molecular weight excluding hydrogens is 286 g/mol. The molecule has 1 saturated heterocycles. The fourth-order valence-electron chi connectivity index (χ4n) is 2.67. The van der Waals surface area contributed by atoms with Crippen LogP contribution in [0.4, 0.5) is 5.82 Å². The smallest absolute Gasteiger partial charge is 0.298 e. The molecule has 21 heavy (non-hydrogen) atoms. The van der Waals surface area contributed by atoms with E-state index in [2.05, 4.69) is 16.8 Å². The van der Waals surface area contributed by atoms with Gasteiger partial charge in [-0.1, -0.05) is 24.6 Å². The molecule has 1 fully saturated rings. The molecule has 2 aromatic rings. The second-order valence-corrected chi connectivity index (χ2v) is 6.01. The number of rotatable bonds is 2. The van der Waals surface area contributed by atoms with Gasteiger partial charge in [0.1, 0.15) is 0 Å². The van der Waals surface area contributed by atoms with Gasteiger partial charge in [-0.15, -0.1) is 0 Å². The Kier molecular flexibility index (Phi) is 3.97. The number of halogens is 1. The zero-order valence-electron chi connectivity index (χ0n) is 12.0. The molecule has 0 bridgehead atoms. The van der Waals surface area contributed by atoms with Gasteiger partial charge >= 0.3 is 0 Å². The van der Waals surface area contributed by atoms with Crippen LogP contribution < -0.4 is 10.5 Å². The van der Waals surface area contributed by atoms with E-state index in [0.29, 0.717) is 10.8 Å². The molecule has 3 rings (SSSR count). The van der Waals surface area contributed by atoms with Crippen molar-refractivity contribution >= 4 is 17.4 Å². The van der Waals surface area contributed by atoms with E-state index < -0.39 is 0 Å². The molecular formula is C16H18ClN3O. The van der Waals surface area contributed by atoms with E-state index >= 15 is 0 Å². The van der Waals surface area contributed by atoms with Crippen molar-refractivity contribution in [3.8, 4) is 5.69 Å². The Morgan fingerprint density at radius 1 is 1.29 bits per heavy atom. The van der Waals surface area contributed by atoms with Crippen LogP contribution in [0.1, 0.15) is 19.8 Å². The van der Waals surface area contributed by atoms with E-state index in [-0.39, 0.29) is 5.56 Å². The Hall–Kier alpha value is -1.81. The van der Waals surface area contributed by atoms with Gasteiger partial charge in [0.2, 0.25) is 0 Å². The normalized spacial score (nSPS) is 16.2. The number of aromatic nitrogens is 2. The van der Waals surface area contributed by atoms with Crippen LogP contribution in [0.25, 0.3) is 5.69 Å². The van der Waals surface area contributed by atoms with E-state index in [9.17, 15) is 4.79 Å². The maximum atomic E-state index is 12.7. The van der Waals surface area contributed by atoms with E-state index in [0.717, 1.165) is 37.5 Å². The van der Waals surface area contributed by atoms with Crippen LogP contribution in [0.5, 0.6) is 0 Å². The fraction of sp³-hybridized carbons (Fsp3) is 0.375. The molecule has 110 valence electrons. The molecule has 0 N–H and O–H groups in total. The Bertz CT molecular complexity index is 690. The van der Waals surface area contributed by atoms with Gasteiger partial charge in [-0.25, -0.2) is 4.98 Å². The van der Waals surface area contributed by atoms with Crippen LogP contribution in [0.2, 0.25) is 5.02 Å². The summed E-state index contributed by atoms with van der Waals surface area (Å²) in [7, 11) is 0. The van der Waals surface area contributed by atoms with E-state index in [1.54, 1.807) is 29.1 Å². The maximum absolute atomic E-state index is 12.7. The van der Waals surface area contributed by atoms with Gasteiger partial charge in [0.25, 0.3) is 5.56 Å². The highest BCUT2D eigenvalue weighted by Gasteiger charge is 2.20. The molecule has 5 heteroatoms. The first-order valence-corrected chi connectivity index (χ1v) is 7.61. The third-order valence-corrected chi connectivity index (χ3v) is 4.23. The number of hydrogen-bond acceptors (Lipinski definition) is 3. The summed E-state index contributed by atoms with van der Waals surface area (Å²) >= 11 is 6.01. The molecule has 0 unspecified atom stereocenters. The van der Waals surface area contributed by atoms with Crippen LogP contribution in [0, 0.1) is 5.92 Å². The van der Waals surface area contributed by atoms with E-state index in [4.69, 9.17) is 11.6 Å². The first kappa shape index (κ1) is 14.1. The minimum absolute atomic E-state index is 0.0886. The molecule has 0 saturated carbocycles. The standard InChI is InChI=1S/C16H18ClN3O/c1-12-5-8-19(9-6-12)15-16(21)20(10-7-18-15)14-4-2-3-13(17)11-14/h2-4,7,10-12H,5-6,8-9H2,1H3. The lowest BCUT2D eigenvalue weighted by Crippen LogP contribution is -2.38. The largest absolute Gasteiger partial charge is 0.352 e. The van der Waals surface area contributed by atoms with Gasteiger partial charge in [-0.05, 0) is 37.0 Å². The summed E-state index contributed by atoms with van der Waals surface area (Å²) < 4.78 is 1.60. The minimum atomic E-state index is -0.0886. The number of piperidine rings is 1. The number of anilines is 1. The zero-order chi connectivity index (χ0) is 14.8. The Balaban J connectivity index is 1.98. The zero-order valence-corrected chi connectivity index (χ0v) is 12.8. The van der Waals surface area contributed by atoms with Crippen molar-refractivity contribution in [2.24, 2.45) is 5.92 Å². The van der Waals surface area contributed by atoms with E-state index in [1.165, 1.54) is 0 Å². The third-order valence-electron chi connectivity index (χ3n) is 3.99. The Morgan fingerprint density at radius 3 is 2.76 bits per heavy atom. The molecule has 0 atom stereocenters. The van der Waals surface area contributed by atoms with Crippen LogP contribution in [-0.2, 0) is 0 Å². The summed E-state index contributed by atoms with van der Waals surface area (Å²) in [5.41, 5.74) is 0.677. The summed E-state index contributed by atoms with van der Waals surface area (Å²) in [4.78, 5) is 19.1. The summed E-state index contributed by atoms with van der Waals surface area (Å²) in [5.74, 6) is 1.25. The topological polar surface area (TPSA) is 38.1 Å². The summed E-state index contributed by atoms with van der Waals surface area (Å²) in [6.07, 6.45) is 5.57. The summed E-state index contributed by atoms with van der Waals surface area (Å²) in [6, 6.07) is 7.29. The lowest BCUT2D eigenvalue weighted by molar-refractivity contribution is 0.435. The van der Waals surface area contributed by atoms with Crippen molar-refractivity contribution in [3.63, 3.8) is 0 Å². The maximum Gasteiger partial charge on any atom is 0.298 e. The highest BCUT2D eigenvalue weighted by atomic mass is 35.5. The highest BCUT2D eigenvalue weighted by molar-refractivity contribution is 6.30. The first-order valence-electron chi connectivity index (χ1n) is 7.23. The second-order valence-electron chi connectivity index (χ2n) is 5.58. The van der Waals surface area contributed by atoms with Gasteiger partial charge in [-0.2, -0.15) is 0 Å². The quantitative estimate of drug-likeness (QED) is 0.855. The molecule has 2 heterocycles. The molecule has 4 nitrogen and oxygen atoms in total. The van der Waals surface area contributed by atoms with Crippen LogP contribution in [0.3, 0.4) is 0 Å². The monoisotopic (exact) mass is 303 g/mol. The molecule has 0 spiro atoms. The predicted octanol–water partition coefficient (Wildman–Crippen LogP) is 3.12. The molecule has 0 radical (unpaired) electrons. The fourth-order valence-corrected chi connectivity index (χ4v) is 2.85. The van der Waals surface area contributed by atoms with Gasteiger partial charge in [0.15, 0.2) is 5.82 Å². The SMILES string of the molecule is CC1CCN(c2nccn(-c3cccc(Cl)c3)c2=O)CC1. The van der Waals surface area contributed by atoms with Gasteiger partial charge < -0.3 is 4.90 Å². The van der Waals surface area contributed by atoms with Crippen molar-refractivity contribution < 1.29 is 0 Å². The molecule has 0 amide bonds. The molecule has 0 aliphatic carbocycles. The lowest BCUT2D eigenvalue weighted by Gasteiger charge is -2.30. The summed E-state index contributed by atoms with van der Waals surface area (Å²) in [6.45, 7) is 4.03. The van der Waals surface area contributed by atoms with Crippen LogP contribution in [-0.4, -0.2) is 22.6 Å². The van der Waals surface area contributed by atoms with Crippen LogP contribution in [0.15, 0.2) is 41.5 Å². The van der Waals surface area contributed by atoms with Crippen molar-refractivity contribution in [2.75, 3.05) is 18.0 Å². The molecule has 1 aromatic heterocycles. The van der Waals surface area contributed by atoms with Gasteiger partial charge in [0, 0.05) is 30.5 Å². The van der Waals surface area contributed by atoms with Crippen LogP contribution >= 0.6 is 11.6 Å². The molecule has 1 aromatic carbocycles. The predicted molar refractivity (Wildman–Crippen MR) is 85.5 cm³/mol. The Labute approximate surface area is 129 Å². The molecule has 1 aliphatic heterocycles. The highest BCUT2D eigenvalue weighted by Crippen LogP contribution is 2.19. The molecule has 1 aliphatic rings. The van der Waals surface area contributed by atoms with Crippen molar-refractivity contribution in [1.82, 2.24) is 9.55 Å². The number of benzene rings is 1. The average Bonchev–Trinajstić information content (AvgIpc) is 2.48.